The van der Waals surface area contributed by atoms with Crippen LogP contribution in [0.1, 0.15) is 6.42 Å². The molecule has 158 valence electrons. The molecule has 0 fully saturated rings. The molecule has 1 aliphatic heterocycles. The van der Waals surface area contributed by atoms with E-state index in [1.807, 2.05) is 0 Å². The van der Waals surface area contributed by atoms with Crippen molar-refractivity contribution in [2.24, 2.45) is 0 Å². The van der Waals surface area contributed by atoms with E-state index in [0.29, 0.717) is 28.6 Å². The lowest BCUT2D eigenvalue weighted by Crippen LogP contribution is -2.40. The highest BCUT2D eigenvalue weighted by atomic mass is 16.5. The van der Waals surface area contributed by atoms with Gasteiger partial charge in [0.1, 0.15) is 17.2 Å². The van der Waals surface area contributed by atoms with Crippen molar-refractivity contribution in [3.05, 3.63) is 42.5 Å². The Labute approximate surface area is 173 Å². The van der Waals surface area contributed by atoms with E-state index in [9.17, 15) is 14.4 Å². The lowest BCUT2D eigenvalue weighted by atomic mass is 10.2. The van der Waals surface area contributed by atoms with Gasteiger partial charge in [0, 0.05) is 12.6 Å². The lowest BCUT2D eigenvalue weighted by molar-refractivity contribution is -0.147. The van der Waals surface area contributed by atoms with Gasteiger partial charge in [-0.05, 0) is 24.3 Å². The summed E-state index contributed by atoms with van der Waals surface area (Å²) in [6.45, 7) is -0.424. The number of nitrogens with one attached hydrogen (secondary N) is 1. The Morgan fingerprint density at radius 2 is 1.93 bits per heavy atom. The fourth-order valence-electron chi connectivity index (χ4n) is 2.92. The molecule has 1 N–H and O–H groups in total. The molecule has 1 aliphatic rings. The first kappa shape index (κ1) is 21.0. The Kier molecular flexibility index (Phi) is 6.74. The summed E-state index contributed by atoms with van der Waals surface area (Å²) < 4.78 is 20.7. The zero-order valence-electron chi connectivity index (χ0n) is 16.7. The summed E-state index contributed by atoms with van der Waals surface area (Å²) >= 11 is 0. The van der Waals surface area contributed by atoms with Crippen LogP contribution in [0, 0.1) is 0 Å². The second-order valence-corrected chi connectivity index (χ2v) is 6.33. The minimum atomic E-state index is -0.598. The summed E-state index contributed by atoms with van der Waals surface area (Å²) in [7, 11) is 2.98. The Bertz CT molecular complexity index is 945. The molecule has 1 heterocycles. The topological polar surface area (TPSA) is 103 Å². The normalized spacial score (nSPS) is 12.5. The molecule has 9 nitrogen and oxygen atoms in total. The molecule has 0 bridgehead atoms. The van der Waals surface area contributed by atoms with E-state index < -0.39 is 18.5 Å². The second-order valence-electron chi connectivity index (χ2n) is 6.33. The van der Waals surface area contributed by atoms with Gasteiger partial charge < -0.3 is 29.2 Å². The van der Waals surface area contributed by atoms with Crippen LogP contribution in [0.2, 0.25) is 0 Å². The van der Waals surface area contributed by atoms with E-state index in [2.05, 4.69) is 5.32 Å². The van der Waals surface area contributed by atoms with E-state index in [1.54, 1.807) is 42.5 Å². The van der Waals surface area contributed by atoms with Crippen LogP contribution in [-0.4, -0.2) is 51.8 Å². The van der Waals surface area contributed by atoms with Crippen LogP contribution in [0.4, 0.5) is 11.4 Å². The molecule has 0 unspecified atom stereocenters. The number of para-hydroxylation sites is 2. The number of ether oxygens (including phenoxy) is 4. The molecule has 3 rings (SSSR count). The van der Waals surface area contributed by atoms with Gasteiger partial charge in [-0.2, -0.15) is 0 Å². The number of amides is 2. The molecule has 0 radical (unpaired) electrons. The summed E-state index contributed by atoms with van der Waals surface area (Å²) in [5, 5.41) is 2.61. The number of anilines is 2. The summed E-state index contributed by atoms with van der Waals surface area (Å²) in [6, 6.07) is 12.0. The van der Waals surface area contributed by atoms with Crippen LogP contribution in [0.15, 0.2) is 42.5 Å². The van der Waals surface area contributed by atoms with Crippen molar-refractivity contribution in [2.45, 2.75) is 6.42 Å². The number of esters is 1. The molecule has 9 heteroatoms. The van der Waals surface area contributed by atoms with Crippen molar-refractivity contribution in [3.63, 3.8) is 0 Å². The van der Waals surface area contributed by atoms with Gasteiger partial charge in [0.05, 0.1) is 32.0 Å². The average Bonchev–Trinajstić information content (AvgIpc) is 2.77. The average molecular weight is 414 g/mol. The number of carbonyl (C=O) groups excluding carboxylic acids is 3. The summed E-state index contributed by atoms with van der Waals surface area (Å²) in [5.41, 5.74) is 0.998. The second kappa shape index (κ2) is 9.64. The summed E-state index contributed by atoms with van der Waals surface area (Å²) in [6.07, 6.45) is -0.0597. The highest BCUT2D eigenvalue weighted by molar-refractivity contribution is 5.98. The Hall–Kier alpha value is -3.75. The smallest absolute Gasteiger partial charge is 0.308 e. The van der Waals surface area contributed by atoms with Gasteiger partial charge >= 0.3 is 5.97 Å². The predicted molar refractivity (Wildman–Crippen MR) is 108 cm³/mol. The minimum absolute atomic E-state index is 0.0597. The molecule has 0 aromatic heterocycles. The van der Waals surface area contributed by atoms with Gasteiger partial charge in [-0.15, -0.1) is 0 Å². The number of hydrogen-bond acceptors (Lipinski definition) is 7. The van der Waals surface area contributed by atoms with Crippen molar-refractivity contribution in [1.29, 1.82) is 0 Å². The number of carbonyl (C=O) groups is 3. The highest BCUT2D eigenvalue weighted by Crippen LogP contribution is 2.31. The lowest BCUT2D eigenvalue weighted by Gasteiger charge is -2.28. The third-order valence-corrected chi connectivity index (χ3v) is 4.39. The number of methoxy groups -OCH3 is 2. The van der Waals surface area contributed by atoms with Gasteiger partial charge in [0.2, 0.25) is 0 Å². The molecular formula is C21H22N2O7. The monoisotopic (exact) mass is 414 g/mol. The zero-order valence-corrected chi connectivity index (χ0v) is 16.7. The van der Waals surface area contributed by atoms with Crippen molar-refractivity contribution in [2.75, 3.05) is 44.2 Å². The fourth-order valence-corrected chi connectivity index (χ4v) is 2.92. The third kappa shape index (κ3) is 4.99. The molecular weight excluding hydrogens is 392 g/mol. The summed E-state index contributed by atoms with van der Waals surface area (Å²) in [4.78, 5) is 37.8. The summed E-state index contributed by atoms with van der Waals surface area (Å²) in [5.74, 6) is 0.196. The number of hydrogen-bond donors (Lipinski definition) is 1. The van der Waals surface area contributed by atoms with Gasteiger partial charge in [0.15, 0.2) is 13.2 Å². The van der Waals surface area contributed by atoms with E-state index in [4.69, 9.17) is 18.9 Å². The molecule has 0 saturated heterocycles. The van der Waals surface area contributed by atoms with E-state index in [0.717, 1.165) is 0 Å². The number of fused-ring (bicyclic) bond motifs is 1. The van der Waals surface area contributed by atoms with E-state index in [-0.39, 0.29) is 25.5 Å². The largest absolute Gasteiger partial charge is 0.497 e. The van der Waals surface area contributed by atoms with Crippen molar-refractivity contribution >= 4 is 29.2 Å². The Morgan fingerprint density at radius 1 is 1.13 bits per heavy atom. The fraction of sp³-hybridized carbons (Fsp3) is 0.286. The maximum atomic E-state index is 12.1. The van der Waals surface area contributed by atoms with Crippen LogP contribution in [0.5, 0.6) is 17.2 Å². The van der Waals surface area contributed by atoms with Crippen molar-refractivity contribution < 1.29 is 33.3 Å². The van der Waals surface area contributed by atoms with E-state index >= 15 is 0 Å². The van der Waals surface area contributed by atoms with Crippen molar-refractivity contribution in [1.82, 2.24) is 0 Å². The molecule has 0 aliphatic carbocycles. The SMILES string of the molecule is COc1ccc(OC)c(NC(=O)COC(=O)CCN2C(=O)COc3ccccc32)c1. The first-order chi connectivity index (χ1) is 14.5. The standard InChI is InChI=1S/C21H22N2O7/c1-27-14-7-8-17(28-2)15(11-14)22-19(24)12-30-21(26)9-10-23-16-5-3-4-6-18(16)29-13-20(23)25/h3-8,11H,9-10,12-13H2,1-2H3,(H,22,24). The van der Waals surface area contributed by atoms with Gasteiger partial charge in [-0.3, -0.25) is 14.4 Å². The van der Waals surface area contributed by atoms with Crippen LogP contribution >= 0.6 is 0 Å². The minimum Gasteiger partial charge on any atom is -0.497 e. The van der Waals surface area contributed by atoms with Gasteiger partial charge in [0.25, 0.3) is 11.8 Å². The molecule has 2 aromatic carbocycles. The molecule has 2 amide bonds. The maximum Gasteiger partial charge on any atom is 0.308 e. The van der Waals surface area contributed by atoms with Crippen LogP contribution < -0.4 is 24.4 Å². The zero-order chi connectivity index (χ0) is 21.5. The van der Waals surface area contributed by atoms with Crippen LogP contribution in [0.3, 0.4) is 0 Å². The first-order valence-electron chi connectivity index (χ1n) is 9.21. The van der Waals surface area contributed by atoms with Crippen molar-refractivity contribution in [3.8, 4) is 17.2 Å². The number of nitrogens with zero attached hydrogens (tertiary/aromatic N) is 1. The van der Waals surface area contributed by atoms with Gasteiger partial charge in [-0.25, -0.2) is 0 Å². The first-order valence-corrected chi connectivity index (χ1v) is 9.21. The predicted octanol–water partition coefficient (Wildman–Crippen LogP) is 2.00. The quantitative estimate of drug-likeness (QED) is 0.659. The molecule has 2 aromatic rings. The molecule has 0 spiro atoms. The van der Waals surface area contributed by atoms with E-state index in [1.165, 1.54) is 19.1 Å². The van der Waals surface area contributed by atoms with Gasteiger partial charge in [-0.1, -0.05) is 12.1 Å². The molecule has 30 heavy (non-hydrogen) atoms. The Balaban J connectivity index is 1.51. The number of benzene rings is 2. The Morgan fingerprint density at radius 3 is 2.70 bits per heavy atom. The molecule has 0 atom stereocenters. The highest BCUT2D eigenvalue weighted by Gasteiger charge is 2.25. The maximum absolute atomic E-state index is 12.1. The molecule has 0 saturated carbocycles. The number of rotatable bonds is 8. The van der Waals surface area contributed by atoms with Crippen LogP contribution in [0.25, 0.3) is 0 Å². The van der Waals surface area contributed by atoms with Crippen LogP contribution in [-0.2, 0) is 19.1 Å². The third-order valence-electron chi connectivity index (χ3n) is 4.39.